The Bertz CT molecular complexity index is 820. The van der Waals surface area contributed by atoms with Crippen LogP contribution < -0.4 is 9.47 Å². The molecule has 0 aliphatic carbocycles. The zero-order valence-corrected chi connectivity index (χ0v) is 18.8. The molecule has 29 heavy (non-hydrogen) atoms. The monoisotopic (exact) mass is 416 g/mol. The first-order valence-electron chi connectivity index (χ1n) is 10.2. The van der Waals surface area contributed by atoms with Gasteiger partial charge in [0.1, 0.15) is 0 Å². The second-order valence-electron chi connectivity index (χ2n) is 7.83. The molecule has 0 bridgehead atoms. The molecule has 1 fully saturated rings. The minimum absolute atomic E-state index is 0.160. The van der Waals surface area contributed by atoms with Crippen LogP contribution >= 0.6 is 11.3 Å². The van der Waals surface area contributed by atoms with Crippen LogP contribution in [0.5, 0.6) is 11.5 Å². The van der Waals surface area contributed by atoms with Crippen LogP contribution in [0.15, 0.2) is 29.6 Å². The molecular formula is C23H32N2O3S. The van der Waals surface area contributed by atoms with Crippen molar-refractivity contribution in [3.8, 4) is 11.5 Å². The summed E-state index contributed by atoms with van der Waals surface area (Å²) >= 11 is 1.56. The number of ether oxygens (including phenoxy) is 2. The van der Waals surface area contributed by atoms with Crippen LogP contribution in [0.3, 0.4) is 0 Å². The highest BCUT2D eigenvalue weighted by Crippen LogP contribution is 2.28. The van der Waals surface area contributed by atoms with Gasteiger partial charge in [-0.2, -0.15) is 0 Å². The minimum atomic E-state index is 0.160. The Morgan fingerprint density at radius 3 is 2.69 bits per heavy atom. The summed E-state index contributed by atoms with van der Waals surface area (Å²) in [6, 6.07) is 8.79. The number of thiophene rings is 1. The molecule has 0 amide bonds. The third-order valence-electron chi connectivity index (χ3n) is 5.71. The molecule has 2 heterocycles. The van der Waals surface area contributed by atoms with Crippen molar-refractivity contribution in [2.75, 3.05) is 40.9 Å². The zero-order valence-electron chi connectivity index (χ0n) is 17.9. The van der Waals surface area contributed by atoms with E-state index in [4.69, 9.17) is 9.47 Å². The number of ketones is 1. The molecule has 5 nitrogen and oxygen atoms in total. The average Bonchev–Trinajstić information content (AvgIpc) is 3.20. The number of benzene rings is 1. The van der Waals surface area contributed by atoms with Gasteiger partial charge >= 0.3 is 0 Å². The lowest BCUT2D eigenvalue weighted by molar-refractivity contribution is 0.102. The van der Waals surface area contributed by atoms with E-state index < -0.39 is 0 Å². The molecule has 0 unspecified atom stereocenters. The maximum Gasteiger partial charge on any atom is 0.169 e. The van der Waals surface area contributed by atoms with Crippen LogP contribution in [0.2, 0.25) is 0 Å². The molecule has 158 valence electrons. The first kappa shape index (κ1) is 21.8. The lowest BCUT2D eigenvalue weighted by Crippen LogP contribution is -2.46. The molecular weight excluding hydrogens is 384 g/mol. The van der Waals surface area contributed by atoms with Gasteiger partial charge < -0.3 is 14.4 Å². The van der Waals surface area contributed by atoms with Gasteiger partial charge in [0.15, 0.2) is 17.3 Å². The number of likely N-dealkylation sites (N-methyl/N-ethyl adjacent to an activating group) is 1. The van der Waals surface area contributed by atoms with E-state index in [2.05, 4.69) is 40.4 Å². The highest BCUT2D eigenvalue weighted by atomic mass is 32.1. The largest absolute Gasteiger partial charge is 0.493 e. The number of rotatable bonds is 9. The molecule has 3 rings (SSSR count). The molecule has 1 atom stereocenters. The highest BCUT2D eigenvalue weighted by molar-refractivity contribution is 7.12. The van der Waals surface area contributed by atoms with Gasteiger partial charge in [0.25, 0.3) is 0 Å². The molecule has 6 heteroatoms. The Morgan fingerprint density at radius 2 is 2.00 bits per heavy atom. The van der Waals surface area contributed by atoms with E-state index in [1.54, 1.807) is 32.5 Å². The normalized spacial score (nSPS) is 17.5. The smallest absolute Gasteiger partial charge is 0.169 e. The molecule has 0 spiro atoms. The van der Waals surface area contributed by atoms with E-state index in [0.717, 1.165) is 49.0 Å². The number of Topliss-reactive ketones (excluding diaryl/α,β-unsaturated/α-hetero) is 1. The predicted octanol–water partition coefficient (Wildman–Crippen LogP) is 4.11. The van der Waals surface area contributed by atoms with Gasteiger partial charge in [0.05, 0.1) is 19.1 Å². The van der Waals surface area contributed by atoms with Crippen LogP contribution in [0.25, 0.3) is 0 Å². The Kier molecular flexibility index (Phi) is 7.70. The van der Waals surface area contributed by atoms with Crippen molar-refractivity contribution in [3.05, 3.63) is 45.6 Å². The number of nitrogens with zero attached hydrogens (tertiary/aromatic N) is 2. The van der Waals surface area contributed by atoms with Gasteiger partial charge in [-0.05, 0) is 74.5 Å². The van der Waals surface area contributed by atoms with Crippen molar-refractivity contribution in [3.63, 3.8) is 0 Å². The Balaban J connectivity index is 1.52. The number of hydrogen-bond acceptors (Lipinski definition) is 6. The van der Waals surface area contributed by atoms with E-state index in [1.165, 1.54) is 24.0 Å². The first-order chi connectivity index (χ1) is 14.0. The Hall–Kier alpha value is -1.89. The minimum Gasteiger partial charge on any atom is -0.493 e. The van der Waals surface area contributed by atoms with Crippen LogP contribution in [0.4, 0.5) is 0 Å². The van der Waals surface area contributed by atoms with E-state index in [1.807, 2.05) is 6.07 Å². The number of carbonyl (C=O) groups excluding carboxylic acids is 1. The molecule has 1 saturated heterocycles. The van der Waals surface area contributed by atoms with Gasteiger partial charge in [-0.3, -0.25) is 9.69 Å². The highest BCUT2D eigenvalue weighted by Gasteiger charge is 2.23. The number of carbonyl (C=O) groups is 1. The van der Waals surface area contributed by atoms with Crippen LogP contribution in [0.1, 0.15) is 40.6 Å². The summed E-state index contributed by atoms with van der Waals surface area (Å²) in [5.41, 5.74) is 2.52. The maximum atomic E-state index is 11.5. The van der Waals surface area contributed by atoms with Crippen molar-refractivity contribution in [1.29, 1.82) is 0 Å². The second-order valence-corrected chi connectivity index (χ2v) is 8.74. The van der Waals surface area contributed by atoms with Gasteiger partial charge in [0, 0.05) is 25.7 Å². The fraction of sp³-hybridized carbons (Fsp3) is 0.522. The lowest BCUT2D eigenvalue weighted by atomic mass is 10.0. The maximum absolute atomic E-state index is 11.5. The van der Waals surface area contributed by atoms with E-state index in [9.17, 15) is 4.79 Å². The molecule has 1 aliphatic heterocycles. The Morgan fingerprint density at radius 1 is 1.21 bits per heavy atom. The summed E-state index contributed by atoms with van der Waals surface area (Å²) in [4.78, 5) is 17.4. The first-order valence-corrected chi connectivity index (χ1v) is 11.1. The van der Waals surface area contributed by atoms with Crippen LogP contribution in [-0.4, -0.2) is 62.5 Å². The lowest BCUT2D eigenvalue weighted by Gasteiger charge is -2.37. The molecule has 1 aromatic carbocycles. The van der Waals surface area contributed by atoms with Crippen LogP contribution in [0, 0.1) is 0 Å². The summed E-state index contributed by atoms with van der Waals surface area (Å²) in [6.45, 7) is 5.80. The van der Waals surface area contributed by atoms with E-state index in [0.29, 0.717) is 6.04 Å². The van der Waals surface area contributed by atoms with E-state index in [-0.39, 0.29) is 5.78 Å². The predicted molar refractivity (Wildman–Crippen MR) is 119 cm³/mol. The van der Waals surface area contributed by atoms with Gasteiger partial charge in [0.2, 0.25) is 0 Å². The van der Waals surface area contributed by atoms with Crippen molar-refractivity contribution in [1.82, 2.24) is 9.80 Å². The summed E-state index contributed by atoms with van der Waals surface area (Å²) in [5.74, 6) is 1.72. The number of piperidine rings is 1. The second kappa shape index (κ2) is 10.2. The third kappa shape index (κ3) is 5.81. The van der Waals surface area contributed by atoms with Gasteiger partial charge in [-0.15, -0.1) is 11.3 Å². The van der Waals surface area contributed by atoms with Gasteiger partial charge in [-0.25, -0.2) is 0 Å². The quantitative estimate of drug-likeness (QED) is 0.576. The molecule has 1 aromatic heterocycles. The summed E-state index contributed by atoms with van der Waals surface area (Å²) < 4.78 is 10.7. The van der Waals surface area contributed by atoms with Crippen molar-refractivity contribution < 1.29 is 14.3 Å². The third-order valence-corrected chi connectivity index (χ3v) is 6.79. The summed E-state index contributed by atoms with van der Waals surface area (Å²) in [7, 11) is 5.57. The number of methoxy groups -OCH3 is 2. The summed E-state index contributed by atoms with van der Waals surface area (Å²) in [5, 5.41) is 2.13. The topological polar surface area (TPSA) is 42.0 Å². The van der Waals surface area contributed by atoms with Crippen molar-refractivity contribution >= 4 is 17.1 Å². The molecule has 0 radical (unpaired) electrons. The van der Waals surface area contributed by atoms with Crippen LogP contribution in [-0.2, 0) is 13.0 Å². The average molecular weight is 417 g/mol. The summed E-state index contributed by atoms with van der Waals surface area (Å²) in [6.07, 6.45) is 3.44. The van der Waals surface area contributed by atoms with E-state index >= 15 is 0 Å². The van der Waals surface area contributed by atoms with Crippen molar-refractivity contribution in [2.45, 2.75) is 38.8 Å². The SMILES string of the molecule is COc1ccc(CCN(C)[C@@H]2CCCN(Cc3csc(C(C)=O)c3)C2)cc1OC. The number of hydrogen-bond donors (Lipinski definition) is 0. The molecule has 2 aromatic rings. The fourth-order valence-corrected chi connectivity index (χ4v) is 4.77. The molecule has 0 N–H and O–H groups in total. The van der Waals surface area contributed by atoms with Crippen molar-refractivity contribution in [2.24, 2.45) is 0 Å². The standard InChI is InChI=1S/C23H32N2O3S/c1-17(26)23-13-19(16-29-23)14-25-10-5-6-20(15-25)24(2)11-9-18-7-8-21(27-3)22(12-18)28-4/h7-8,12-13,16,20H,5-6,9-11,14-15H2,1-4H3/t20-/m1/s1. The number of likely N-dealkylation sites (tertiary alicyclic amines) is 1. The Labute approximate surface area is 178 Å². The molecule has 1 aliphatic rings. The fourth-order valence-electron chi connectivity index (χ4n) is 3.96. The zero-order chi connectivity index (χ0) is 20.8. The molecule has 0 saturated carbocycles. The van der Waals surface area contributed by atoms with Gasteiger partial charge in [-0.1, -0.05) is 6.07 Å².